The number of fused-ring (bicyclic) bond motifs is 2. The molecule has 7 nitrogen and oxygen atoms in total. The first kappa shape index (κ1) is 39.5. The largest absolute Gasteiger partial charge is 0.451 e. The number of rotatable bonds is 10. The molecule has 65 heavy (non-hydrogen) atoms. The first-order chi connectivity index (χ1) is 32.2. The normalized spacial score (nSPS) is 11.6. The van der Waals surface area contributed by atoms with Crippen LogP contribution in [0.4, 0.5) is 51.2 Å². The summed E-state index contributed by atoms with van der Waals surface area (Å²) in [6, 6.07) is 80.8. The van der Waals surface area contributed by atoms with Crippen LogP contribution in [0.15, 0.2) is 241 Å². The molecule has 0 saturated carbocycles. The predicted octanol–water partition coefficient (Wildman–Crippen LogP) is 16.2. The van der Waals surface area contributed by atoms with Gasteiger partial charge in [-0.2, -0.15) is 0 Å². The third-order valence-electron chi connectivity index (χ3n) is 11.3. The fraction of sp³-hybridized carbons (Fsp3) is 0. The first-order valence-corrected chi connectivity index (χ1v) is 22.2. The Bertz CT molecular complexity index is 3100. The van der Waals surface area contributed by atoms with Crippen LogP contribution in [0, 0.1) is 0 Å². The maximum atomic E-state index is 7.16. The summed E-state index contributed by atoms with van der Waals surface area (Å²) in [5.74, 6) is 3.23. The molecule has 0 aliphatic carbocycles. The number of aromatic nitrogens is 3. The van der Waals surface area contributed by atoms with Crippen LogP contribution in [-0.2, 0) is 0 Å². The SMILES string of the molecule is Brc1c(N(c2ccccc2)c2ccccc2)cc2c(c1N(c1ccccc1)c1ccccc1)Oc1ccccc1N2c1ccc(-c2nc(-c3ccccc3)nc(-c3ccccc3)n2)cc1. The molecule has 0 fully saturated rings. The van der Waals surface area contributed by atoms with E-state index in [9.17, 15) is 0 Å². The Morgan fingerprint density at radius 1 is 0.385 bits per heavy atom. The predicted molar refractivity (Wildman–Crippen MR) is 268 cm³/mol. The zero-order valence-electron chi connectivity index (χ0n) is 35.0. The molecule has 0 saturated heterocycles. The second-order valence-electron chi connectivity index (χ2n) is 15.4. The summed E-state index contributed by atoms with van der Waals surface area (Å²) in [6.07, 6.45) is 0. The highest BCUT2D eigenvalue weighted by Gasteiger charge is 2.35. The molecule has 1 aliphatic rings. The Morgan fingerprint density at radius 2 is 0.769 bits per heavy atom. The maximum Gasteiger partial charge on any atom is 0.176 e. The van der Waals surface area contributed by atoms with Gasteiger partial charge in [0.2, 0.25) is 0 Å². The van der Waals surface area contributed by atoms with Gasteiger partial charge in [-0.25, -0.2) is 15.0 Å². The van der Waals surface area contributed by atoms with Gasteiger partial charge in [-0.1, -0.05) is 146 Å². The number of halogens is 1. The maximum absolute atomic E-state index is 7.16. The van der Waals surface area contributed by atoms with Gasteiger partial charge in [-0.15, -0.1) is 0 Å². The molecule has 9 aromatic carbocycles. The standard InChI is InChI=1S/C57H39BrN6O/c58-52-49(62(43-25-11-3-12-26-43)44-27-13-4-14-28-44)39-50-54(53(52)63(45-29-15-5-16-30-45)46-31-17-6-18-32-46)65-51-34-20-19-33-48(51)64(50)47-37-35-42(36-38-47)57-60-55(40-21-7-1-8-22-40)59-56(61-57)41-23-9-2-10-24-41/h1-39H. The van der Waals surface area contributed by atoms with Crippen molar-refractivity contribution in [2.45, 2.75) is 0 Å². The van der Waals surface area contributed by atoms with E-state index >= 15 is 0 Å². The molecule has 11 rings (SSSR count). The smallest absolute Gasteiger partial charge is 0.176 e. The van der Waals surface area contributed by atoms with E-state index in [1.165, 1.54) is 0 Å². The summed E-state index contributed by atoms with van der Waals surface area (Å²) in [4.78, 5) is 21.8. The minimum absolute atomic E-state index is 0.586. The van der Waals surface area contributed by atoms with Crippen LogP contribution in [0.5, 0.6) is 11.5 Å². The minimum atomic E-state index is 0.586. The second kappa shape index (κ2) is 17.4. The van der Waals surface area contributed by atoms with Crippen LogP contribution < -0.4 is 19.4 Å². The number of para-hydroxylation sites is 6. The average Bonchev–Trinajstić information content (AvgIpc) is 3.38. The number of hydrogen-bond acceptors (Lipinski definition) is 7. The zero-order valence-corrected chi connectivity index (χ0v) is 36.6. The number of hydrogen-bond donors (Lipinski definition) is 0. The molecule has 1 aromatic heterocycles. The molecule has 310 valence electrons. The molecule has 0 bridgehead atoms. The van der Waals surface area contributed by atoms with Gasteiger partial charge in [0.05, 0.1) is 21.5 Å². The van der Waals surface area contributed by atoms with Crippen molar-refractivity contribution in [1.82, 2.24) is 15.0 Å². The number of nitrogens with zero attached hydrogens (tertiary/aromatic N) is 6. The Labute approximate surface area is 386 Å². The summed E-state index contributed by atoms with van der Waals surface area (Å²) in [6.45, 7) is 0. The van der Waals surface area contributed by atoms with Gasteiger partial charge in [0.15, 0.2) is 29.0 Å². The van der Waals surface area contributed by atoms with E-state index in [4.69, 9.17) is 19.7 Å². The van der Waals surface area contributed by atoms with E-state index in [2.05, 4.69) is 170 Å². The van der Waals surface area contributed by atoms with Gasteiger partial charge in [0, 0.05) is 45.1 Å². The topological polar surface area (TPSA) is 57.6 Å². The average molecular weight is 904 g/mol. The van der Waals surface area contributed by atoms with Gasteiger partial charge in [0.1, 0.15) is 5.69 Å². The van der Waals surface area contributed by atoms with Crippen molar-refractivity contribution < 1.29 is 4.74 Å². The highest BCUT2D eigenvalue weighted by atomic mass is 79.9. The van der Waals surface area contributed by atoms with E-state index in [1.54, 1.807) is 0 Å². The fourth-order valence-electron chi connectivity index (χ4n) is 8.32. The lowest BCUT2D eigenvalue weighted by molar-refractivity contribution is 0.478. The van der Waals surface area contributed by atoms with Gasteiger partial charge < -0.3 is 19.4 Å². The minimum Gasteiger partial charge on any atom is -0.451 e. The molecule has 10 aromatic rings. The third kappa shape index (κ3) is 7.66. The highest BCUT2D eigenvalue weighted by Crippen LogP contribution is 2.61. The van der Waals surface area contributed by atoms with Crippen molar-refractivity contribution in [3.8, 4) is 45.7 Å². The number of benzene rings is 9. The molecular weight excluding hydrogens is 865 g/mol. The molecule has 8 heteroatoms. The van der Waals surface area contributed by atoms with Crippen molar-refractivity contribution >= 4 is 67.1 Å². The summed E-state index contributed by atoms with van der Waals surface area (Å²) >= 11 is 4.25. The van der Waals surface area contributed by atoms with E-state index < -0.39 is 0 Å². The Hall–Kier alpha value is -8.33. The van der Waals surface area contributed by atoms with E-state index in [0.717, 1.165) is 78.1 Å². The lowest BCUT2D eigenvalue weighted by Gasteiger charge is -2.39. The van der Waals surface area contributed by atoms with Crippen molar-refractivity contribution in [1.29, 1.82) is 0 Å². The second-order valence-corrected chi connectivity index (χ2v) is 16.2. The van der Waals surface area contributed by atoms with Gasteiger partial charge in [-0.3, -0.25) is 0 Å². The van der Waals surface area contributed by atoms with Gasteiger partial charge in [-0.05, 0) is 107 Å². The van der Waals surface area contributed by atoms with Gasteiger partial charge >= 0.3 is 0 Å². The number of anilines is 9. The molecule has 0 spiro atoms. The summed E-state index contributed by atoms with van der Waals surface area (Å²) in [7, 11) is 0. The van der Waals surface area contributed by atoms with Crippen LogP contribution in [-0.4, -0.2) is 15.0 Å². The molecule has 0 amide bonds. The first-order valence-electron chi connectivity index (χ1n) is 21.4. The van der Waals surface area contributed by atoms with Crippen molar-refractivity contribution in [2.75, 3.05) is 14.7 Å². The van der Waals surface area contributed by atoms with Crippen molar-refractivity contribution in [3.05, 3.63) is 241 Å². The summed E-state index contributed by atoms with van der Waals surface area (Å²) in [5, 5.41) is 0. The molecule has 0 atom stereocenters. The molecule has 0 unspecified atom stereocenters. The van der Waals surface area contributed by atoms with E-state index in [0.29, 0.717) is 23.2 Å². The van der Waals surface area contributed by atoms with E-state index in [1.807, 2.05) is 97.1 Å². The van der Waals surface area contributed by atoms with Crippen molar-refractivity contribution in [3.63, 3.8) is 0 Å². The molecule has 2 heterocycles. The van der Waals surface area contributed by atoms with Crippen LogP contribution in [0.1, 0.15) is 0 Å². The Balaban J connectivity index is 1.14. The van der Waals surface area contributed by atoms with Crippen LogP contribution >= 0.6 is 15.9 Å². The molecule has 0 N–H and O–H groups in total. The lowest BCUT2D eigenvalue weighted by Crippen LogP contribution is -2.21. The lowest BCUT2D eigenvalue weighted by atomic mass is 10.0. The molecule has 0 radical (unpaired) electrons. The van der Waals surface area contributed by atoms with Crippen molar-refractivity contribution in [2.24, 2.45) is 0 Å². The Morgan fingerprint density at radius 3 is 1.23 bits per heavy atom. The van der Waals surface area contributed by atoms with Crippen LogP contribution in [0.2, 0.25) is 0 Å². The zero-order chi connectivity index (χ0) is 43.5. The fourth-order valence-corrected chi connectivity index (χ4v) is 8.97. The number of ether oxygens (including phenoxy) is 1. The summed E-state index contributed by atoms with van der Waals surface area (Å²) < 4.78 is 8.01. The third-order valence-corrected chi connectivity index (χ3v) is 12.1. The summed E-state index contributed by atoms with van der Waals surface area (Å²) in [5.41, 5.74) is 11.1. The van der Waals surface area contributed by atoms with Gasteiger partial charge in [0.25, 0.3) is 0 Å². The molecule has 1 aliphatic heterocycles. The molecular formula is C57H39BrN6O. The highest BCUT2D eigenvalue weighted by molar-refractivity contribution is 9.10. The quantitative estimate of drug-likeness (QED) is 0.135. The monoisotopic (exact) mass is 902 g/mol. The van der Waals surface area contributed by atoms with Crippen LogP contribution in [0.3, 0.4) is 0 Å². The van der Waals surface area contributed by atoms with E-state index in [-0.39, 0.29) is 0 Å². The van der Waals surface area contributed by atoms with Crippen LogP contribution in [0.25, 0.3) is 34.2 Å². The Kier molecular flexibility index (Phi) is 10.6.